The lowest BCUT2D eigenvalue weighted by Crippen LogP contribution is -2.54. The normalized spacial score (nSPS) is 23.6. The van der Waals surface area contributed by atoms with Gasteiger partial charge >= 0.3 is 6.09 Å². The number of likely N-dealkylation sites (tertiary alicyclic amines) is 1. The monoisotopic (exact) mass is 474 g/mol. The highest BCUT2D eigenvalue weighted by atomic mass is 79.9. The van der Waals surface area contributed by atoms with E-state index in [1.165, 1.54) is 7.11 Å². The number of imidazole rings is 1. The van der Waals surface area contributed by atoms with Crippen LogP contribution in [0.25, 0.3) is 11.3 Å². The summed E-state index contributed by atoms with van der Waals surface area (Å²) in [5, 5.41) is 2.72. The minimum absolute atomic E-state index is 0.0497. The number of H-pyrrole nitrogens is 1. The van der Waals surface area contributed by atoms with Crippen LogP contribution >= 0.6 is 15.9 Å². The van der Waals surface area contributed by atoms with Crippen LogP contribution < -0.4 is 5.32 Å². The number of amides is 2. The van der Waals surface area contributed by atoms with Crippen LogP contribution in [-0.2, 0) is 9.53 Å². The number of fused-ring (bicyclic) bond motifs is 2. The predicted octanol–water partition coefficient (Wildman–Crippen LogP) is 4.27. The van der Waals surface area contributed by atoms with E-state index in [9.17, 15) is 9.59 Å². The number of nitrogens with one attached hydrogen (secondary N) is 2. The molecule has 1 aromatic heterocycles. The molecule has 0 radical (unpaired) electrons. The number of piperidine rings is 1. The molecule has 7 nitrogen and oxygen atoms in total. The van der Waals surface area contributed by atoms with Crippen molar-refractivity contribution in [3.8, 4) is 11.3 Å². The van der Waals surface area contributed by atoms with Crippen LogP contribution in [-0.4, -0.2) is 46.1 Å². The Bertz CT molecular complexity index is 927. The summed E-state index contributed by atoms with van der Waals surface area (Å²) in [5.74, 6) is 1.09. The molecule has 2 aliphatic rings. The fourth-order valence-electron chi connectivity index (χ4n) is 4.78. The Morgan fingerprint density at radius 2 is 2.00 bits per heavy atom. The van der Waals surface area contributed by atoms with Crippen molar-refractivity contribution in [1.29, 1.82) is 0 Å². The second kappa shape index (κ2) is 8.41. The summed E-state index contributed by atoms with van der Waals surface area (Å²) in [4.78, 5) is 35.4. The highest BCUT2D eigenvalue weighted by Crippen LogP contribution is 2.50. The van der Waals surface area contributed by atoms with Gasteiger partial charge in [0.15, 0.2) is 0 Å². The molecule has 1 saturated carbocycles. The largest absolute Gasteiger partial charge is 0.453 e. The fourth-order valence-corrected chi connectivity index (χ4v) is 5.04. The minimum Gasteiger partial charge on any atom is -0.453 e. The summed E-state index contributed by atoms with van der Waals surface area (Å²) in [7, 11) is 1.31. The Hall–Kier alpha value is -2.35. The van der Waals surface area contributed by atoms with E-state index in [1.807, 2.05) is 49.2 Å². The van der Waals surface area contributed by atoms with Crippen molar-refractivity contribution >= 4 is 27.9 Å². The van der Waals surface area contributed by atoms with Gasteiger partial charge < -0.3 is 19.9 Å². The van der Waals surface area contributed by atoms with Crippen LogP contribution in [0.3, 0.4) is 0 Å². The van der Waals surface area contributed by atoms with Gasteiger partial charge in [-0.3, -0.25) is 4.79 Å². The SMILES string of the molecule is COC(=O)N[C@H](C(=O)N1[C@@H]2CC[C@H](C2)[C@H]1c1ncc(-c2ccc(Br)cc2)[nH]1)C(C)C. The standard InChI is InChI=1S/C22H27BrN4O3/c1-12(2)18(26-22(29)30-3)21(28)27-16-9-6-14(10-16)19(27)20-24-11-17(25-20)13-4-7-15(23)8-5-13/h4-5,7-8,11-12,14,16,18-19H,6,9-10H2,1-3H3,(H,24,25)(H,26,29)/t14-,16-,18+,19+/m1/s1. The van der Waals surface area contributed by atoms with Crippen LogP contribution in [0.1, 0.15) is 45.0 Å². The van der Waals surface area contributed by atoms with Gasteiger partial charge in [0.25, 0.3) is 0 Å². The number of nitrogens with zero attached hydrogens (tertiary/aromatic N) is 2. The summed E-state index contributed by atoms with van der Waals surface area (Å²) in [5.41, 5.74) is 1.98. The van der Waals surface area contributed by atoms with Gasteiger partial charge in [0.1, 0.15) is 11.9 Å². The first kappa shape index (κ1) is 20.9. The number of rotatable bonds is 5. The van der Waals surface area contributed by atoms with E-state index in [2.05, 4.69) is 31.2 Å². The Labute approximate surface area is 184 Å². The highest BCUT2D eigenvalue weighted by Gasteiger charge is 2.51. The Morgan fingerprint density at radius 3 is 2.67 bits per heavy atom. The molecule has 2 N–H and O–H groups in total. The van der Waals surface area contributed by atoms with Crippen LogP contribution in [0.5, 0.6) is 0 Å². The zero-order valence-electron chi connectivity index (χ0n) is 17.4. The molecule has 2 bridgehead atoms. The second-order valence-corrected chi connectivity index (χ2v) is 9.38. The van der Waals surface area contributed by atoms with Gasteiger partial charge in [0.05, 0.1) is 25.0 Å². The molecule has 4 atom stereocenters. The van der Waals surface area contributed by atoms with Crippen molar-refractivity contribution in [2.45, 2.75) is 51.2 Å². The van der Waals surface area contributed by atoms with Crippen molar-refractivity contribution in [3.05, 3.63) is 40.8 Å². The number of benzene rings is 1. The minimum atomic E-state index is -0.625. The number of aromatic amines is 1. The van der Waals surface area contributed by atoms with Gasteiger partial charge in [0.2, 0.25) is 5.91 Å². The van der Waals surface area contributed by atoms with Gasteiger partial charge in [0, 0.05) is 10.5 Å². The first-order valence-electron chi connectivity index (χ1n) is 10.4. The molecule has 2 aromatic rings. The van der Waals surface area contributed by atoms with E-state index >= 15 is 0 Å². The van der Waals surface area contributed by atoms with Gasteiger partial charge in [-0.15, -0.1) is 0 Å². The first-order valence-corrected chi connectivity index (χ1v) is 11.2. The Balaban J connectivity index is 1.61. The molecule has 0 spiro atoms. The van der Waals surface area contributed by atoms with Gasteiger partial charge in [-0.25, -0.2) is 9.78 Å². The average Bonchev–Trinajstić information content (AvgIpc) is 3.47. The van der Waals surface area contributed by atoms with Crippen LogP contribution in [0.2, 0.25) is 0 Å². The molecule has 1 aliphatic heterocycles. The molecule has 2 heterocycles. The zero-order valence-corrected chi connectivity index (χ0v) is 19.0. The van der Waals surface area contributed by atoms with E-state index in [0.717, 1.165) is 40.8 Å². The maximum absolute atomic E-state index is 13.5. The molecule has 8 heteroatoms. The molecule has 160 valence electrons. The second-order valence-electron chi connectivity index (χ2n) is 8.46. The van der Waals surface area contributed by atoms with Gasteiger partial charge in [-0.2, -0.15) is 0 Å². The number of hydrogen-bond donors (Lipinski definition) is 2. The maximum Gasteiger partial charge on any atom is 0.407 e. The highest BCUT2D eigenvalue weighted by molar-refractivity contribution is 9.10. The van der Waals surface area contributed by atoms with E-state index in [4.69, 9.17) is 4.74 Å². The Kier molecular flexibility index (Phi) is 5.86. The molecule has 4 rings (SSSR count). The van der Waals surface area contributed by atoms with E-state index < -0.39 is 12.1 Å². The third-order valence-electron chi connectivity index (χ3n) is 6.26. The molecular formula is C22H27BrN4O3. The van der Waals surface area contributed by atoms with Gasteiger partial charge in [-0.1, -0.05) is 41.9 Å². The van der Waals surface area contributed by atoms with Crippen molar-refractivity contribution < 1.29 is 14.3 Å². The molecule has 1 saturated heterocycles. The lowest BCUT2D eigenvalue weighted by atomic mass is 9.95. The number of aromatic nitrogens is 2. The molecule has 1 aromatic carbocycles. The molecule has 30 heavy (non-hydrogen) atoms. The van der Waals surface area contributed by atoms with E-state index in [0.29, 0.717) is 5.92 Å². The fraction of sp³-hybridized carbons (Fsp3) is 0.500. The van der Waals surface area contributed by atoms with E-state index in [1.54, 1.807) is 0 Å². The average molecular weight is 475 g/mol. The molecule has 0 unspecified atom stereocenters. The van der Waals surface area contributed by atoms with Crippen molar-refractivity contribution in [1.82, 2.24) is 20.2 Å². The van der Waals surface area contributed by atoms with Crippen LogP contribution in [0, 0.1) is 11.8 Å². The predicted molar refractivity (Wildman–Crippen MR) is 117 cm³/mol. The zero-order chi connectivity index (χ0) is 21.4. The molecular weight excluding hydrogens is 448 g/mol. The molecule has 1 aliphatic carbocycles. The number of halogens is 1. The van der Waals surface area contributed by atoms with E-state index in [-0.39, 0.29) is 23.9 Å². The summed E-state index contributed by atoms with van der Waals surface area (Å²) >= 11 is 3.46. The molecule has 2 fully saturated rings. The first-order chi connectivity index (χ1) is 14.4. The smallest absolute Gasteiger partial charge is 0.407 e. The van der Waals surface area contributed by atoms with Crippen molar-refractivity contribution in [2.24, 2.45) is 11.8 Å². The van der Waals surface area contributed by atoms with Gasteiger partial charge in [-0.05, 0) is 48.8 Å². The number of carbonyl (C=O) groups excluding carboxylic acids is 2. The van der Waals surface area contributed by atoms with Crippen LogP contribution in [0.4, 0.5) is 4.79 Å². The summed E-state index contributed by atoms with van der Waals surface area (Å²) in [6, 6.07) is 7.51. The number of hydrogen-bond acceptors (Lipinski definition) is 4. The lowest BCUT2D eigenvalue weighted by molar-refractivity contribution is -0.139. The number of carbonyl (C=O) groups is 2. The summed E-state index contributed by atoms with van der Waals surface area (Å²) < 4.78 is 5.76. The third kappa shape index (κ3) is 3.85. The topological polar surface area (TPSA) is 87.3 Å². The number of ether oxygens (including phenoxy) is 1. The van der Waals surface area contributed by atoms with Crippen molar-refractivity contribution in [3.63, 3.8) is 0 Å². The van der Waals surface area contributed by atoms with Crippen LogP contribution in [0.15, 0.2) is 34.9 Å². The summed E-state index contributed by atoms with van der Waals surface area (Å²) in [6.45, 7) is 3.86. The third-order valence-corrected chi connectivity index (χ3v) is 6.79. The lowest BCUT2D eigenvalue weighted by Gasteiger charge is -2.37. The number of alkyl carbamates (subject to hydrolysis) is 1. The number of methoxy groups -OCH3 is 1. The van der Waals surface area contributed by atoms with Crippen molar-refractivity contribution in [2.75, 3.05) is 7.11 Å². The Morgan fingerprint density at radius 1 is 1.27 bits per heavy atom. The summed E-state index contributed by atoms with van der Waals surface area (Å²) in [6.07, 6.45) is 4.31. The quantitative estimate of drug-likeness (QED) is 0.676. The molecule has 2 amide bonds. The maximum atomic E-state index is 13.5.